The van der Waals surface area contributed by atoms with Crippen LogP contribution in [0.3, 0.4) is 0 Å². The zero-order chi connectivity index (χ0) is 23.4. The van der Waals surface area contributed by atoms with Gasteiger partial charge < -0.3 is 4.74 Å². The van der Waals surface area contributed by atoms with Crippen LogP contribution >= 0.6 is 0 Å². The van der Waals surface area contributed by atoms with E-state index in [4.69, 9.17) is 4.74 Å². The SMILES string of the molecule is COC(=O)[C@@H]1CCCN1[C@@H]1CN(Cc2ccccc2)CC[C@H]1NS(=O)(=O)c1ccc(C)cc1. The molecule has 0 aromatic heterocycles. The number of esters is 1. The summed E-state index contributed by atoms with van der Waals surface area (Å²) in [6.07, 6.45) is 2.30. The van der Waals surface area contributed by atoms with E-state index >= 15 is 0 Å². The summed E-state index contributed by atoms with van der Waals surface area (Å²) < 4.78 is 34.4. The number of carbonyl (C=O) groups is 1. The van der Waals surface area contributed by atoms with Crippen LogP contribution in [0.25, 0.3) is 0 Å². The molecule has 7 nitrogen and oxygen atoms in total. The van der Waals surface area contributed by atoms with Crippen molar-refractivity contribution in [3.05, 3.63) is 65.7 Å². The number of carbonyl (C=O) groups excluding carboxylic acids is 1. The van der Waals surface area contributed by atoms with Crippen LogP contribution in [0, 0.1) is 6.92 Å². The Labute approximate surface area is 196 Å². The molecule has 2 aromatic carbocycles. The van der Waals surface area contributed by atoms with Gasteiger partial charge in [0.05, 0.1) is 12.0 Å². The number of methoxy groups -OCH3 is 1. The number of nitrogens with zero attached hydrogens (tertiary/aromatic N) is 2. The van der Waals surface area contributed by atoms with Crippen LogP contribution in [0.1, 0.15) is 30.4 Å². The molecule has 0 spiro atoms. The van der Waals surface area contributed by atoms with Crippen LogP contribution in [-0.2, 0) is 26.1 Å². The van der Waals surface area contributed by atoms with Crippen LogP contribution in [0.5, 0.6) is 0 Å². The van der Waals surface area contributed by atoms with Gasteiger partial charge in [0.2, 0.25) is 10.0 Å². The van der Waals surface area contributed by atoms with Gasteiger partial charge in [0, 0.05) is 31.7 Å². The minimum Gasteiger partial charge on any atom is -0.468 e. The maximum absolute atomic E-state index is 13.2. The van der Waals surface area contributed by atoms with E-state index in [1.54, 1.807) is 12.1 Å². The molecule has 0 amide bonds. The molecular weight excluding hydrogens is 438 g/mol. The molecule has 0 aliphatic carbocycles. The summed E-state index contributed by atoms with van der Waals surface area (Å²) in [6, 6.07) is 16.4. The Bertz CT molecular complexity index is 1040. The molecule has 1 N–H and O–H groups in total. The van der Waals surface area contributed by atoms with E-state index in [-0.39, 0.29) is 29.0 Å². The Balaban J connectivity index is 1.56. The van der Waals surface area contributed by atoms with Gasteiger partial charge in [0.25, 0.3) is 0 Å². The number of hydrogen-bond donors (Lipinski definition) is 1. The van der Waals surface area contributed by atoms with Crippen molar-refractivity contribution in [3.8, 4) is 0 Å². The first-order valence-electron chi connectivity index (χ1n) is 11.6. The standard InChI is InChI=1S/C25H33N3O4S/c1-19-10-12-21(13-11-19)33(30,31)26-22-14-16-27(17-20-7-4-3-5-8-20)18-24(22)28-15-6-9-23(28)25(29)32-2/h3-5,7-8,10-13,22-24,26H,6,9,14-18H2,1-2H3/t22-,23+,24-/m1/s1. The fourth-order valence-corrected chi connectivity index (χ4v) is 6.32. The van der Waals surface area contributed by atoms with E-state index in [9.17, 15) is 13.2 Å². The molecule has 0 radical (unpaired) electrons. The van der Waals surface area contributed by atoms with Gasteiger partial charge >= 0.3 is 5.97 Å². The fraction of sp³-hybridized carbons (Fsp3) is 0.480. The second-order valence-electron chi connectivity index (χ2n) is 9.04. The summed E-state index contributed by atoms with van der Waals surface area (Å²) in [6.45, 7) is 4.95. The van der Waals surface area contributed by atoms with Gasteiger partial charge in [-0.25, -0.2) is 13.1 Å². The molecule has 2 heterocycles. The fourth-order valence-electron chi connectivity index (χ4n) is 5.02. The van der Waals surface area contributed by atoms with E-state index in [0.717, 1.165) is 38.0 Å². The number of likely N-dealkylation sites (tertiary alicyclic amines) is 2. The summed E-state index contributed by atoms with van der Waals surface area (Å²) in [7, 11) is -2.25. The molecule has 0 bridgehead atoms. The van der Waals surface area contributed by atoms with Crippen molar-refractivity contribution >= 4 is 16.0 Å². The van der Waals surface area contributed by atoms with E-state index in [0.29, 0.717) is 13.0 Å². The van der Waals surface area contributed by atoms with Crippen molar-refractivity contribution in [1.82, 2.24) is 14.5 Å². The van der Waals surface area contributed by atoms with E-state index < -0.39 is 10.0 Å². The lowest BCUT2D eigenvalue weighted by Gasteiger charge is -2.44. The largest absolute Gasteiger partial charge is 0.468 e. The highest BCUT2D eigenvalue weighted by atomic mass is 32.2. The van der Waals surface area contributed by atoms with Crippen molar-refractivity contribution in [1.29, 1.82) is 0 Å². The summed E-state index contributed by atoms with van der Waals surface area (Å²) in [5.74, 6) is -0.243. The smallest absolute Gasteiger partial charge is 0.323 e. The van der Waals surface area contributed by atoms with Crippen molar-refractivity contribution in [3.63, 3.8) is 0 Å². The average Bonchev–Trinajstić information content (AvgIpc) is 3.30. The summed E-state index contributed by atoms with van der Waals surface area (Å²) in [5.41, 5.74) is 2.24. The molecule has 178 valence electrons. The number of ether oxygens (including phenoxy) is 1. The minimum absolute atomic E-state index is 0.116. The Hall–Kier alpha value is -2.26. The summed E-state index contributed by atoms with van der Waals surface area (Å²) >= 11 is 0. The number of rotatable bonds is 7. The maximum Gasteiger partial charge on any atom is 0.323 e. The molecule has 8 heteroatoms. The molecule has 2 aliphatic rings. The maximum atomic E-state index is 13.2. The average molecular weight is 472 g/mol. The Morgan fingerprint density at radius 3 is 2.48 bits per heavy atom. The Morgan fingerprint density at radius 1 is 1.06 bits per heavy atom. The molecule has 33 heavy (non-hydrogen) atoms. The third-order valence-corrected chi connectivity index (χ3v) is 8.25. The van der Waals surface area contributed by atoms with Gasteiger partial charge in [-0.15, -0.1) is 0 Å². The first kappa shape index (κ1) is 23.9. The number of benzene rings is 2. The Kier molecular flexibility index (Phi) is 7.48. The molecular formula is C25H33N3O4S. The van der Waals surface area contributed by atoms with E-state index in [1.807, 2.05) is 37.3 Å². The monoisotopic (exact) mass is 471 g/mol. The van der Waals surface area contributed by atoms with Gasteiger partial charge in [0.15, 0.2) is 0 Å². The van der Waals surface area contributed by atoms with Crippen molar-refractivity contribution in [2.75, 3.05) is 26.7 Å². The molecule has 2 fully saturated rings. The topological polar surface area (TPSA) is 79.0 Å². The second kappa shape index (κ2) is 10.3. The zero-order valence-electron chi connectivity index (χ0n) is 19.3. The van der Waals surface area contributed by atoms with Crippen molar-refractivity contribution in [2.24, 2.45) is 0 Å². The minimum atomic E-state index is -3.67. The quantitative estimate of drug-likeness (QED) is 0.626. The molecule has 3 atom stereocenters. The predicted octanol–water partition coefficient (Wildman–Crippen LogP) is 2.55. The number of sulfonamides is 1. The first-order chi connectivity index (χ1) is 15.9. The highest BCUT2D eigenvalue weighted by Crippen LogP contribution is 2.28. The lowest BCUT2D eigenvalue weighted by atomic mass is 9.97. The molecule has 4 rings (SSSR count). The van der Waals surface area contributed by atoms with E-state index in [2.05, 4.69) is 26.7 Å². The number of nitrogens with one attached hydrogen (secondary N) is 1. The van der Waals surface area contributed by atoms with Gasteiger partial charge in [-0.3, -0.25) is 14.6 Å². The summed E-state index contributed by atoms with van der Waals surface area (Å²) in [4.78, 5) is 17.2. The first-order valence-corrected chi connectivity index (χ1v) is 13.0. The summed E-state index contributed by atoms with van der Waals surface area (Å²) in [5, 5.41) is 0. The lowest BCUT2D eigenvalue weighted by molar-refractivity contribution is -0.147. The normalized spacial score (nSPS) is 24.6. The number of hydrogen-bond acceptors (Lipinski definition) is 6. The molecule has 2 saturated heterocycles. The van der Waals surface area contributed by atoms with Crippen LogP contribution in [0.2, 0.25) is 0 Å². The zero-order valence-corrected chi connectivity index (χ0v) is 20.1. The van der Waals surface area contributed by atoms with Crippen LogP contribution in [0.4, 0.5) is 0 Å². The van der Waals surface area contributed by atoms with E-state index in [1.165, 1.54) is 12.7 Å². The van der Waals surface area contributed by atoms with Gasteiger partial charge in [0.1, 0.15) is 6.04 Å². The molecule has 0 saturated carbocycles. The second-order valence-corrected chi connectivity index (χ2v) is 10.8. The van der Waals surface area contributed by atoms with Crippen LogP contribution in [0.15, 0.2) is 59.5 Å². The highest BCUT2D eigenvalue weighted by molar-refractivity contribution is 7.89. The van der Waals surface area contributed by atoms with Crippen LogP contribution < -0.4 is 4.72 Å². The molecule has 2 aromatic rings. The molecule has 0 unspecified atom stereocenters. The third-order valence-electron chi connectivity index (χ3n) is 6.75. The lowest BCUT2D eigenvalue weighted by Crippen LogP contribution is -2.62. The molecule has 2 aliphatic heterocycles. The van der Waals surface area contributed by atoms with Gasteiger partial charge in [-0.1, -0.05) is 48.0 Å². The third kappa shape index (κ3) is 5.63. The Morgan fingerprint density at radius 2 is 1.79 bits per heavy atom. The highest BCUT2D eigenvalue weighted by Gasteiger charge is 2.43. The number of piperidine rings is 1. The predicted molar refractivity (Wildman–Crippen MR) is 127 cm³/mol. The number of aryl methyl sites for hydroxylation is 1. The van der Waals surface area contributed by atoms with Crippen LogP contribution in [-0.4, -0.2) is 69.1 Å². The van der Waals surface area contributed by atoms with Gasteiger partial charge in [-0.05, 0) is 50.4 Å². The van der Waals surface area contributed by atoms with Crippen molar-refractivity contribution in [2.45, 2.75) is 55.8 Å². The van der Waals surface area contributed by atoms with Crippen molar-refractivity contribution < 1.29 is 17.9 Å². The van der Waals surface area contributed by atoms with Gasteiger partial charge in [-0.2, -0.15) is 0 Å².